The van der Waals surface area contributed by atoms with Crippen LogP contribution in [0.2, 0.25) is 0 Å². The fourth-order valence-electron chi connectivity index (χ4n) is 1.90. The first-order valence-electron chi connectivity index (χ1n) is 5.64. The van der Waals surface area contributed by atoms with Gasteiger partial charge in [-0.05, 0) is 37.0 Å². The Morgan fingerprint density at radius 2 is 2.06 bits per heavy atom. The molecule has 1 aliphatic carbocycles. The monoisotopic (exact) mass is 226 g/mol. The van der Waals surface area contributed by atoms with Crippen LogP contribution in [0.1, 0.15) is 30.9 Å². The summed E-state index contributed by atoms with van der Waals surface area (Å²) in [6, 6.07) is 5.06. The van der Waals surface area contributed by atoms with Crippen molar-refractivity contribution in [2.75, 3.05) is 7.11 Å². The second-order valence-corrected chi connectivity index (χ2v) is 4.29. The topological polar surface area (TPSA) is 9.23 Å². The first-order chi connectivity index (χ1) is 7.59. The van der Waals surface area contributed by atoms with Crippen LogP contribution in [-0.2, 0) is 12.3 Å². The third-order valence-corrected chi connectivity index (χ3v) is 3.12. The van der Waals surface area contributed by atoms with Crippen LogP contribution < -0.4 is 4.74 Å². The maximum absolute atomic E-state index is 14.0. The lowest BCUT2D eigenvalue weighted by molar-refractivity contribution is -0.0305. The van der Waals surface area contributed by atoms with Crippen molar-refractivity contribution in [1.29, 1.82) is 0 Å². The third-order valence-electron chi connectivity index (χ3n) is 3.12. The summed E-state index contributed by atoms with van der Waals surface area (Å²) in [4.78, 5) is 0. The summed E-state index contributed by atoms with van der Waals surface area (Å²) in [7, 11) is 1.44. The lowest BCUT2D eigenvalue weighted by atomic mass is 9.99. The zero-order valence-corrected chi connectivity index (χ0v) is 9.59. The Balaban J connectivity index is 2.43. The number of rotatable bonds is 4. The van der Waals surface area contributed by atoms with Gasteiger partial charge in [-0.15, -0.1) is 0 Å². The van der Waals surface area contributed by atoms with E-state index in [9.17, 15) is 8.78 Å². The molecule has 1 aliphatic rings. The molecule has 1 fully saturated rings. The minimum absolute atomic E-state index is 0.0526. The fraction of sp³-hybridized carbons (Fsp3) is 0.538. The number of alkyl halides is 2. The average molecular weight is 226 g/mol. The van der Waals surface area contributed by atoms with E-state index in [0.29, 0.717) is 18.6 Å². The van der Waals surface area contributed by atoms with Gasteiger partial charge in [0, 0.05) is 5.92 Å². The molecule has 16 heavy (non-hydrogen) atoms. The molecule has 0 atom stereocenters. The van der Waals surface area contributed by atoms with Crippen LogP contribution in [0.4, 0.5) is 8.78 Å². The van der Waals surface area contributed by atoms with E-state index in [2.05, 4.69) is 0 Å². The number of aryl methyl sites for hydroxylation is 1. The van der Waals surface area contributed by atoms with Crippen LogP contribution in [0.15, 0.2) is 18.2 Å². The molecule has 0 heterocycles. The summed E-state index contributed by atoms with van der Waals surface area (Å²) in [5.74, 6) is -2.93. The van der Waals surface area contributed by atoms with Crippen molar-refractivity contribution in [3.63, 3.8) is 0 Å². The smallest absolute Gasteiger partial charge is 0.279 e. The van der Waals surface area contributed by atoms with Crippen molar-refractivity contribution in [3.8, 4) is 5.75 Å². The minimum atomic E-state index is -2.74. The molecule has 0 bridgehead atoms. The molecule has 0 amide bonds. The van der Waals surface area contributed by atoms with Crippen molar-refractivity contribution in [2.45, 2.75) is 32.1 Å². The zero-order valence-electron chi connectivity index (χ0n) is 9.59. The predicted octanol–water partition coefficient (Wildman–Crippen LogP) is 3.76. The van der Waals surface area contributed by atoms with Gasteiger partial charge in [0.05, 0.1) is 12.7 Å². The highest BCUT2D eigenvalue weighted by Gasteiger charge is 2.49. The van der Waals surface area contributed by atoms with Gasteiger partial charge in [0.15, 0.2) is 0 Å². The fourth-order valence-corrected chi connectivity index (χ4v) is 1.90. The molecule has 0 spiro atoms. The van der Waals surface area contributed by atoms with Gasteiger partial charge >= 0.3 is 0 Å². The SMILES string of the molecule is CCc1ccc(OC)c(C(F)(F)C2CC2)c1. The third kappa shape index (κ3) is 1.91. The van der Waals surface area contributed by atoms with Gasteiger partial charge in [-0.1, -0.05) is 13.0 Å². The summed E-state index contributed by atoms with van der Waals surface area (Å²) in [5.41, 5.74) is 0.980. The van der Waals surface area contributed by atoms with E-state index >= 15 is 0 Å². The van der Waals surface area contributed by atoms with Crippen LogP contribution >= 0.6 is 0 Å². The van der Waals surface area contributed by atoms with E-state index in [-0.39, 0.29) is 5.56 Å². The van der Waals surface area contributed by atoms with Gasteiger partial charge in [0.25, 0.3) is 5.92 Å². The molecule has 88 valence electrons. The number of benzene rings is 1. The van der Waals surface area contributed by atoms with Gasteiger partial charge in [-0.25, -0.2) is 8.78 Å². The largest absolute Gasteiger partial charge is 0.496 e. The van der Waals surface area contributed by atoms with Crippen LogP contribution in [0, 0.1) is 5.92 Å². The van der Waals surface area contributed by atoms with E-state index in [0.717, 1.165) is 12.0 Å². The second kappa shape index (κ2) is 4.04. The molecule has 0 radical (unpaired) electrons. The molecule has 0 aromatic heterocycles. The zero-order chi connectivity index (χ0) is 11.8. The van der Waals surface area contributed by atoms with Crippen LogP contribution in [0.3, 0.4) is 0 Å². The van der Waals surface area contributed by atoms with Gasteiger partial charge < -0.3 is 4.74 Å². The van der Waals surface area contributed by atoms with E-state index in [1.54, 1.807) is 12.1 Å². The van der Waals surface area contributed by atoms with E-state index in [4.69, 9.17) is 4.74 Å². The first-order valence-corrected chi connectivity index (χ1v) is 5.64. The van der Waals surface area contributed by atoms with Crippen molar-refractivity contribution in [2.24, 2.45) is 5.92 Å². The number of halogens is 2. The Labute approximate surface area is 94.4 Å². The molecule has 0 N–H and O–H groups in total. The van der Waals surface area contributed by atoms with E-state index < -0.39 is 11.8 Å². The molecule has 0 saturated heterocycles. The van der Waals surface area contributed by atoms with Crippen LogP contribution in [0.5, 0.6) is 5.75 Å². The highest BCUT2D eigenvalue weighted by atomic mass is 19.3. The van der Waals surface area contributed by atoms with Crippen molar-refractivity contribution in [3.05, 3.63) is 29.3 Å². The van der Waals surface area contributed by atoms with Gasteiger partial charge in [0.1, 0.15) is 5.75 Å². The molecule has 3 heteroatoms. The predicted molar refractivity (Wildman–Crippen MR) is 59.0 cm³/mol. The minimum Gasteiger partial charge on any atom is -0.496 e. The van der Waals surface area contributed by atoms with Crippen molar-refractivity contribution in [1.82, 2.24) is 0 Å². The van der Waals surface area contributed by atoms with Crippen LogP contribution in [0.25, 0.3) is 0 Å². The van der Waals surface area contributed by atoms with Crippen molar-refractivity contribution >= 4 is 0 Å². The standard InChI is InChI=1S/C13H16F2O/c1-3-9-4-7-12(16-2)11(8-9)13(14,15)10-5-6-10/h4,7-8,10H,3,5-6H2,1-2H3. The Kier molecular flexibility index (Phi) is 2.87. The first kappa shape index (κ1) is 11.4. The Bertz CT molecular complexity index is 384. The van der Waals surface area contributed by atoms with Gasteiger partial charge in [-0.3, -0.25) is 0 Å². The molecular formula is C13H16F2O. The van der Waals surface area contributed by atoms with Gasteiger partial charge in [0.2, 0.25) is 0 Å². The Hall–Kier alpha value is -1.12. The van der Waals surface area contributed by atoms with Crippen molar-refractivity contribution < 1.29 is 13.5 Å². The summed E-state index contributed by atoms with van der Waals surface area (Å²) < 4.78 is 33.1. The number of methoxy groups -OCH3 is 1. The molecule has 1 saturated carbocycles. The Morgan fingerprint density at radius 1 is 1.38 bits per heavy atom. The molecule has 2 rings (SSSR count). The second-order valence-electron chi connectivity index (χ2n) is 4.29. The number of hydrogen-bond acceptors (Lipinski definition) is 1. The summed E-state index contributed by atoms with van der Waals surface area (Å²) in [6.07, 6.45) is 2.00. The number of hydrogen-bond donors (Lipinski definition) is 0. The molecule has 0 unspecified atom stereocenters. The summed E-state index contributed by atoms with van der Waals surface area (Å²) >= 11 is 0. The number of ether oxygens (including phenoxy) is 1. The summed E-state index contributed by atoms with van der Waals surface area (Å²) in [6.45, 7) is 1.96. The molecule has 0 aliphatic heterocycles. The molecule has 1 aromatic rings. The normalized spacial score (nSPS) is 16.2. The quantitative estimate of drug-likeness (QED) is 0.759. The average Bonchev–Trinajstić information content (AvgIpc) is 3.12. The van der Waals surface area contributed by atoms with E-state index in [1.807, 2.05) is 13.0 Å². The highest BCUT2D eigenvalue weighted by Crippen LogP contribution is 2.52. The molecular weight excluding hydrogens is 210 g/mol. The van der Waals surface area contributed by atoms with Gasteiger partial charge in [-0.2, -0.15) is 0 Å². The van der Waals surface area contributed by atoms with Crippen LogP contribution in [-0.4, -0.2) is 7.11 Å². The lowest BCUT2D eigenvalue weighted by Gasteiger charge is -2.19. The van der Waals surface area contributed by atoms with E-state index in [1.165, 1.54) is 7.11 Å². The molecule has 1 nitrogen and oxygen atoms in total. The maximum Gasteiger partial charge on any atom is 0.279 e. The Morgan fingerprint density at radius 3 is 2.56 bits per heavy atom. The maximum atomic E-state index is 14.0. The highest BCUT2D eigenvalue weighted by molar-refractivity contribution is 5.41. The summed E-state index contributed by atoms with van der Waals surface area (Å²) in [5, 5.41) is 0. The lowest BCUT2D eigenvalue weighted by Crippen LogP contribution is -2.17. The molecule has 1 aromatic carbocycles.